The van der Waals surface area contributed by atoms with Crippen molar-refractivity contribution >= 4 is 26.7 Å². The van der Waals surface area contributed by atoms with E-state index in [2.05, 4.69) is 16.4 Å². The molecule has 5 heteroatoms. The Morgan fingerprint density at radius 1 is 1.56 bits per heavy atom. The van der Waals surface area contributed by atoms with Crippen molar-refractivity contribution in [2.45, 2.75) is 18.9 Å². The van der Waals surface area contributed by atoms with Crippen molar-refractivity contribution in [3.63, 3.8) is 0 Å². The zero-order valence-electron chi connectivity index (χ0n) is 10.3. The molecule has 96 valence electrons. The van der Waals surface area contributed by atoms with Gasteiger partial charge in [-0.3, -0.25) is 0 Å². The number of ether oxygens (including phenoxy) is 2. The van der Waals surface area contributed by atoms with Crippen LogP contribution in [-0.4, -0.2) is 31.3 Å². The highest BCUT2D eigenvalue weighted by Crippen LogP contribution is 2.32. The van der Waals surface area contributed by atoms with E-state index < -0.39 is 0 Å². The Bertz CT molecular complexity index is 535. The molecule has 0 radical (unpaired) electrons. The molecule has 2 heterocycles. The number of thiazole rings is 1. The Kier molecular flexibility index (Phi) is 3.34. The van der Waals surface area contributed by atoms with E-state index in [4.69, 9.17) is 9.47 Å². The van der Waals surface area contributed by atoms with Crippen molar-refractivity contribution < 1.29 is 9.47 Å². The van der Waals surface area contributed by atoms with Gasteiger partial charge in [0.1, 0.15) is 11.3 Å². The van der Waals surface area contributed by atoms with Gasteiger partial charge < -0.3 is 14.8 Å². The first-order chi connectivity index (χ1) is 8.86. The number of methoxy groups -OCH3 is 1. The van der Waals surface area contributed by atoms with Crippen LogP contribution in [0.3, 0.4) is 0 Å². The highest BCUT2D eigenvalue weighted by molar-refractivity contribution is 7.22. The van der Waals surface area contributed by atoms with Crippen LogP contribution >= 0.6 is 11.3 Å². The van der Waals surface area contributed by atoms with E-state index >= 15 is 0 Å². The molecule has 0 spiro atoms. The first kappa shape index (κ1) is 11.7. The molecule has 1 aromatic carbocycles. The molecule has 1 aliphatic heterocycles. The monoisotopic (exact) mass is 264 g/mol. The molecule has 0 saturated carbocycles. The number of fused-ring (bicyclic) bond motifs is 1. The largest absolute Gasteiger partial charge is 0.494 e. The summed E-state index contributed by atoms with van der Waals surface area (Å²) in [5.74, 6) is 0.828. The van der Waals surface area contributed by atoms with Gasteiger partial charge in [0.15, 0.2) is 5.13 Å². The Balaban J connectivity index is 1.76. The lowest BCUT2D eigenvalue weighted by molar-refractivity contribution is 0.120. The van der Waals surface area contributed by atoms with Gasteiger partial charge in [0.2, 0.25) is 0 Å². The van der Waals surface area contributed by atoms with Crippen LogP contribution in [0.1, 0.15) is 12.8 Å². The molecule has 0 aliphatic carbocycles. The van der Waals surface area contributed by atoms with Gasteiger partial charge in [-0.15, -0.1) is 0 Å². The van der Waals surface area contributed by atoms with Crippen molar-refractivity contribution in [1.82, 2.24) is 4.98 Å². The molecule has 18 heavy (non-hydrogen) atoms. The van der Waals surface area contributed by atoms with Gasteiger partial charge >= 0.3 is 0 Å². The second-order valence-electron chi connectivity index (χ2n) is 4.34. The number of nitrogens with one attached hydrogen (secondary N) is 1. The summed E-state index contributed by atoms with van der Waals surface area (Å²) in [6.07, 6.45) is 2.64. The third kappa shape index (κ3) is 2.28. The predicted molar refractivity (Wildman–Crippen MR) is 73.6 cm³/mol. The maximum absolute atomic E-state index is 5.58. The molecule has 3 rings (SSSR count). The minimum absolute atomic E-state index is 0.332. The van der Waals surface area contributed by atoms with Gasteiger partial charge in [0, 0.05) is 13.2 Å². The fourth-order valence-electron chi connectivity index (χ4n) is 2.17. The summed E-state index contributed by atoms with van der Waals surface area (Å²) >= 11 is 1.65. The summed E-state index contributed by atoms with van der Waals surface area (Å²) in [6.45, 7) is 1.72. The standard InChI is InChI=1S/C13H16N2O2S/c1-16-10-5-2-6-11-12(10)15-13(18-11)14-8-9-4-3-7-17-9/h2,5-6,9H,3-4,7-8H2,1H3,(H,14,15)/t9-/m1/s1. The van der Waals surface area contributed by atoms with Crippen LogP contribution in [0.5, 0.6) is 5.75 Å². The van der Waals surface area contributed by atoms with Crippen LogP contribution in [0, 0.1) is 0 Å². The number of nitrogens with zero attached hydrogens (tertiary/aromatic N) is 1. The van der Waals surface area contributed by atoms with Gasteiger partial charge in [0.25, 0.3) is 0 Å². The third-order valence-corrected chi connectivity index (χ3v) is 4.09. The van der Waals surface area contributed by atoms with Crippen molar-refractivity contribution in [2.75, 3.05) is 25.6 Å². The molecule has 1 N–H and O–H groups in total. The van der Waals surface area contributed by atoms with Crippen LogP contribution in [0.4, 0.5) is 5.13 Å². The first-order valence-corrected chi connectivity index (χ1v) is 6.97. The van der Waals surface area contributed by atoms with Crippen molar-refractivity contribution in [3.8, 4) is 5.75 Å². The number of hydrogen-bond donors (Lipinski definition) is 1. The van der Waals surface area contributed by atoms with E-state index in [1.165, 1.54) is 6.42 Å². The number of aromatic nitrogens is 1. The molecule has 1 aromatic heterocycles. The van der Waals surface area contributed by atoms with Crippen molar-refractivity contribution in [1.29, 1.82) is 0 Å². The van der Waals surface area contributed by atoms with Gasteiger partial charge in [-0.2, -0.15) is 0 Å². The smallest absolute Gasteiger partial charge is 0.184 e. The summed E-state index contributed by atoms with van der Waals surface area (Å²) < 4.78 is 12.0. The van der Waals surface area contributed by atoms with Crippen LogP contribution < -0.4 is 10.1 Å². The molecule has 4 nitrogen and oxygen atoms in total. The minimum Gasteiger partial charge on any atom is -0.494 e. The maximum atomic E-state index is 5.58. The van der Waals surface area contributed by atoms with Gasteiger partial charge in [-0.1, -0.05) is 17.4 Å². The molecule has 1 atom stereocenters. The average Bonchev–Trinajstić information content (AvgIpc) is 3.04. The molecule has 1 aliphatic rings. The third-order valence-electron chi connectivity index (χ3n) is 3.11. The highest BCUT2D eigenvalue weighted by atomic mass is 32.1. The number of benzene rings is 1. The number of rotatable bonds is 4. The van der Waals surface area contributed by atoms with Gasteiger partial charge in [0.05, 0.1) is 17.9 Å². The minimum atomic E-state index is 0.332. The number of hydrogen-bond acceptors (Lipinski definition) is 5. The lowest BCUT2D eigenvalue weighted by Crippen LogP contribution is -2.18. The van der Waals surface area contributed by atoms with E-state index in [1.807, 2.05) is 12.1 Å². The van der Waals surface area contributed by atoms with E-state index in [1.54, 1.807) is 18.4 Å². The topological polar surface area (TPSA) is 43.4 Å². The fraction of sp³-hybridized carbons (Fsp3) is 0.462. The summed E-state index contributed by atoms with van der Waals surface area (Å²) in [4.78, 5) is 4.57. The second-order valence-corrected chi connectivity index (χ2v) is 5.37. The lowest BCUT2D eigenvalue weighted by atomic mass is 10.2. The number of anilines is 1. The van der Waals surface area contributed by atoms with Crippen LogP contribution in [0.25, 0.3) is 10.2 Å². The molecule has 1 saturated heterocycles. The van der Waals surface area contributed by atoms with E-state index in [0.717, 1.165) is 40.7 Å². The Hall–Kier alpha value is -1.33. The van der Waals surface area contributed by atoms with Crippen molar-refractivity contribution in [3.05, 3.63) is 18.2 Å². The van der Waals surface area contributed by atoms with E-state index in [-0.39, 0.29) is 0 Å². The maximum Gasteiger partial charge on any atom is 0.184 e. The molecular formula is C13H16N2O2S. The van der Waals surface area contributed by atoms with Crippen LogP contribution in [0.2, 0.25) is 0 Å². The Morgan fingerprint density at radius 2 is 2.50 bits per heavy atom. The zero-order chi connectivity index (χ0) is 12.4. The summed E-state index contributed by atoms with van der Waals surface area (Å²) in [5.41, 5.74) is 0.930. The Morgan fingerprint density at radius 3 is 3.28 bits per heavy atom. The van der Waals surface area contributed by atoms with Gasteiger partial charge in [-0.25, -0.2) is 4.98 Å². The van der Waals surface area contributed by atoms with Crippen LogP contribution in [-0.2, 0) is 4.74 Å². The quantitative estimate of drug-likeness (QED) is 0.922. The average molecular weight is 264 g/mol. The Labute approximate surface area is 110 Å². The molecule has 0 amide bonds. The molecule has 0 bridgehead atoms. The molecule has 1 fully saturated rings. The summed E-state index contributed by atoms with van der Waals surface area (Å²) in [7, 11) is 1.67. The zero-order valence-corrected chi connectivity index (χ0v) is 11.1. The second kappa shape index (κ2) is 5.12. The summed E-state index contributed by atoms with van der Waals surface area (Å²) in [6, 6.07) is 5.99. The predicted octanol–water partition coefficient (Wildman–Crippen LogP) is 2.90. The fourth-order valence-corrected chi connectivity index (χ4v) is 3.06. The van der Waals surface area contributed by atoms with E-state index in [9.17, 15) is 0 Å². The first-order valence-electron chi connectivity index (χ1n) is 6.16. The molecular weight excluding hydrogens is 248 g/mol. The molecule has 2 aromatic rings. The van der Waals surface area contributed by atoms with Crippen LogP contribution in [0.15, 0.2) is 18.2 Å². The SMILES string of the molecule is COc1cccc2sc(NC[C@H]3CCCO3)nc12. The normalized spacial score (nSPS) is 19.3. The van der Waals surface area contributed by atoms with E-state index in [0.29, 0.717) is 6.10 Å². The highest BCUT2D eigenvalue weighted by Gasteiger charge is 2.16. The lowest BCUT2D eigenvalue weighted by Gasteiger charge is -2.08. The summed E-state index contributed by atoms with van der Waals surface area (Å²) in [5, 5.41) is 4.29. The van der Waals surface area contributed by atoms with Gasteiger partial charge in [-0.05, 0) is 25.0 Å². The molecule has 0 unspecified atom stereocenters. The number of para-hydroxylation sites is 1. The van der Waals surface area contributed by atoms with Crippen molar-refractivity contribution in [2.24, 2.45) is 0 Å².